The SMILES string of the molecule is CCOC(=O)c1ccc(NC(=O)CSc2nc3sc4c(c3c(=O)n2-c2ccc(C)cc2)CCN(C(C)C)C4)cc1. The highest BCUT2D eigenvalue weighted by Crippen LogP contribution is 2.35. The Morgan fingerprint density at radius 1 is 1.12 bits per heavy atom. The molecule has 5 rings (SSSR count). The zero-order chi connectivity index (χ0) is 28.4. The van der Waals surface area contributed by atoms with E-state index < -0.39 is 5.97 Å². The maximum atomic E-state index is 14.0. The number of aryl methyl sites for hydroxylation is 1. The number of hydrogen-bond donors (Lipinski definition) is 1. The molecule has 0 spiro atoms. The van der Waals surface area contributed by atoms with Crippen molar-refractivity contribution in [1.29, 1.82) is 0 Å². The predicted octanol–water partition coefficient (Wildman–Crippen LogP) is 5.43. The Balaban J connectivity index is 1.43. The van der Waals surface area contributed by atoms with E-state index in [1.54, 1.807) is 47.1 Å². The molecule has 40 heavy (non-hydrogen) atoms. The molecular formula is C30H32N4O4S2. The lowest BCUT2D eigenvalue weighted by Crippen LogP contribution is -2.35. The van der Waals surface area contributed by atoms with E-state index in [1.807, 2.05) is 31.2 Å². The van der Waals surface area contributed by atoms with Crippen LogP contribution in [0.1, 0.15) is 47.1 Å². The minimum Gasteiger partial charge on any atom is -0.462 e. The molecule has 1 aliphatic rings. The summed E-state index contributed by atoms with van der Waals surface area (Å²) in [5.74, 6) is -0.578. The average molecular weight is 577 g/mol. The molecule has 10 heteroatoms. The molecule has 3 heterocycles. The van der Waals surface area contributed by atoms with E-state index in [1.165, 1.54) is 16.6 Å². The number of rotatable bonds is 8. The second-order valence-corrected chi connectivity index (χ2v) is 12.0. The number of carbonyl (C=O) groups excluding carboxylic acids is 2. The van der Waals surface area contributed by atoms with Gasteiger partial charge in [-0.3, -0.25) is 19.1 Å². The molecule has 208 valence electrons. The van der Waals surface area contributed by atoms with Crippen LogP contribution in [0.4, 0.5) is 5.69 Å². The zero-order valence-electron chi connectivity index (χ0n) is 23.0. The van der Waals surface area contributed by atoms with E-state index in [-0.39, 0.29) is 17.2 Å². The maximum Gasteiger partial charge on any atom is 0.338 e. The number of benzene rings is 2. The molecule has 0 bridgehead atoms. The summed E-state index contributed by atoms with van der Waals surface area (Å²) in [5.41, 5.74) is 3.82. The maximum absolute atomic E-state index is 14.0. The van der Waals surface area contributed by atoms with E-state index in [4.69, 9.17) is 9.72 Å². The minimum absolute atomic E-state index is 0.0651. The summed E-state index contributed by atoms with van der Waals surface area (Å²) in [5, 5.41) is 4.03. The number of thiophene rings is 1. The van der Waals surface area contributed by atoms with Gasteiger partial charge in [0.1, 0.15) is 4.83 Å². The van der Waals surface area contributed by atoms with Gasteiger partial charge in [-0.05, 0) is 76.1 Å². The van der Waals surface area contributed by atoms with Crippen molar-refractivity contribution in [1.82, 2.24) is 14.5 Å². The summed E-state index contributed by atoms with van der Waals surface area (Å²) in [7, 11) is 0. The number of nitrogens with one attached hydrogen (secondary N) is 1. The molecule has 0 saturated carbocycles. The van der Waals surface area contributed by atoms with Crippen LogP contribution in [0.15, 0.2) is 58.5 Å². The molecule has 0 fully saturated rings. The number of fused-ring (bicyclic) bond motifs is 3. The average Bonchev–Trinajstić information content (AvgIpc) is 3.31. The third-order valence-electron chi connectivity index (χ3n) is 6.91. The lowest BCUT2D eigenvalue weighted by molar-refractivity contribution is -0.113. The van der Waals surface area contributed by atoms with Crippen LogP contribution in [0.5, 0.6) is 0 Å². The lowest BCUT2D eigenvalue weighted by atomic mass is 10.0. The van der Waals surface area contributed by atoms with Gasteiger partial charge in [0.25, 0.3) is 5.56 Å². The van der Waals surface area contributed by atoms with Gasteiger partial charge in [0.05, 0.1) is 29.0 Å². The standard InChI is InChI=1S/C30H32N4O4S2/c1-5-38-29(37)20-8-10-21(11-9-20)31-25(35)17-39-30-32-27-26(23-14-15-33(18(2)3)16-24(23)40-27)28(36)34(30)22-12-6-19(4)7-13-22/h6-13,18H,5,14-17H2,1-4H3,(H,31,35). The van der Waals surface area contributed by atoms with Crippen LogP contribution in [0.2, 0.25) is 0 Å². The molecule has 0 atom stereocenters. The van der Waals surface area contributed by atoms with Gasteiger partial charge in [-0.25, -0.2) is 9.78 Å². The molecule has 8 nitrogen and oxygen atoms in total. The fourth-order valence-corrected chi connectivity index (χ4v) is 6.83. The molecule has 1 aliphatic heterocycles. The van der Waals surface area contributed by atoms with Crippen molar-refractivity contribution in [2.75, 3.05) is 24.2 Å². The number of amides is 1. The van der Waals surface area contributed by atoms with Crippen LogP contribution in [0.25, 0.3) is 15.9 Å². The molecule has 4 aromatic rings. The Bertz CT molecular complexity index is 1610. The summed E-state index contributed by atoms with van der Waals surface area (Å²) >= 11 is 2.81. The summed E-state index contributed by atoms with van der Waals surface area (Å²) in [4.78, 5) is 48.0. The summed E-state index contributed by atoms with van der Waals surface area (Å²) in [6, 6.07) is 14.8. The van der Waals surface area contributed by atoms with E-state index in [2.05, 4.69) is 24.1 Å². The first kappa shape index (κ1) is 28.1. The molecule has 0 aliphatic carbocycles. The van der Waals surface area contributed by atoms with Crippen LogP contribution < -0.4 is 10.9 Å². The highest BCUT2D eigenvalue weighted by atomic mass is 32.2. The van der Waals surface area contributed by atoms with Gasteiger partial charge >= 0.3 is 5.97 Å². The van der Waals surface area contributed by atoms with Crippen molar-refractivity contribution in [3.8, 4) is 5.69 Å². The van der Waals surface area contributed by atoms with Crippen LogP contribution >= 0.6 is 23.1 Å². The highest BCUT2D eigenvalue weighted by Gasteiger charge is 2.26. The van der Waals surface area contributed by atoms with Gasteiger partial charge < -0.3 is 10.1 Å². The Labute approximate surface area is 241 Å². The fraction of sp³-hybridized carbons (Fsp3) is 0.333. The van der Waals surface area contributed by atoms with Crippen molar-refractivity contribution in [2.24, 2.45) is 0 Å². The van der Waals surface area contributed by atoms with Crippen LogP contribution in [-0.4, -0.2) is 51.3 Å². The van der Waals surface area contributed by atoms with E-state index in [9.17, 15) is 14.4 Å². The summed E-state index contributed by atoms with van der Waals surface area (Å²) in [6.07, 6.45) is 0.822. The fourth-order valence-electron chi connectivity index (χ4n) is 4.73. The van der Waals surface area contributed by atoms with E-state index in [0.29, 0.717) is 34.4 Å². The normalized spacial score (nSPS) is 13.4. The lowest BCUT2D eigenvalue weighted by Gasteiger charge is -2.30. The zero-order valence-corrected chi connectivity index (χ0v) is 24.7. The highest BCUT2D eigenvalue weighted by molar-refractivity contribution is 7.99. The number of thioether (sulfide) groups is 1. The number of nitrogens with zero attached hydrogens (tertiary/aromatic N) is 3. The van der Waals surface area contributed by atoms with Crippen molar-refractivity contribution >= 4 is 50.9 Å². The molecule has 2 aromatic carbocycles. The van der Waals surface area contributed by atoms with Gasteiger partial charge in [0, 0.05) is 29.7 Å². The van der Waals surface area contributed by atoms with Gasteiger partial charge in [-0.2, -0.15) is 0 Å². The molecule has 0 saturated heterocycles. The van der Waals surface area contributed by atoms with E-state index >= 15 is 0 Å². The summed E-state index contributed by atoms with van der Waals surface area (Å²) < 4.78 is 6.64. The van der Waals surface area contributed by atoms with E-state index in [0.717, 1.165) is 41.2 Å². The smallest absolute Gasteiger partial charge is 0.338 e. The van der Waals surface area contributed by atoms with Gasteiger partial charge in [0.15, 0.2) is 5.16 Å². The number of ether oxygens (including phenoxy) is 1. The third-order valence-corrected chi connectivity index (χ3v) is 8.96. The molecule has 0 radical (unpaired) electrons. The Kier molecular flexibility index (Phi) is 8.39. The number of anilines is 1. The minimum atomic E-state index is -0.404. The number of carbonyl (C=O) groups is 2. The quantitative estimate of drug-likeness (QED) is 0.170. The summed E-state index contributed by atoms with van der Waals surface area (Å²) in [6.45, 7) is 10.2. The first-order chi connectivity index (χ1) is 19.2. The van der Waals surface area contributed by atoms with Crippen LogP contribution in [0, 0.1) is 6.92 Å². The Morgan fingerprint density at radius 2 is 1.85 bits per heavy atom. The number of hydrogen-bond acceptors (Lipinski definition) is 8. The molecule has 0 unspecified atom stereocenters. The van der Waals surface area contributed by atoms with Gasteiger partial charge in [-0.15, -0.1) is 11.3 Å². The topological polar surface area (TPSA) is 93.5 Å². The number of aromatic nitrogens is 2. The first-order valence-electron chi connectivity index (χ1n) is 13.3. The van der Waals surface area contributed by atoms with Gasteiger partial charge in [0.2, 0.25) is 5.91 Å². The van der Waals surface area contributed by atoms with Crippen LogP contribution in [-0.2, 0) is 22.5 Å². The predicted molar refractivity (Wildman–Crippen MR) is 161 cm³/mol. The second kappa shape index (κ2) is 12.0. The third kappa shape index (κ3) is 5.84. The van der Waals surface area contributed by atoms with Gasteiger partial charge in [-0.1, -0.05) is 29.5 Å². The van der Waals surface area contributed by atoms with Crippen molar-refractivity contribution in [3.63, 3.8) is 0 Å². The second-order valence-electron chi connectivity index (χ2n) is 10.0. The van der Waals surface area contributed by atoms with Crippen LogP contribution in [0.3, 0.4) is 0 Å². The monoisotopic (exact) mass is 576 g/mol. The van der Waals surface area contributed by atoms with Crippen molar-refractivity contribution in [3.05, 3.63) is 80.5 Å². The Morgan fingerprint density at radius 3 is 2.52 bits per heavy atom. The molecule has 1 amide bonds. The molecule has 1 N–H and O–H groups in total. The molecular weight excluding hydrogens is 544 g/mol. The first-order valence-corrected chi connectivity index (χ1v) is 15.1. The largest absolute Gasteiger partial charge is 0.462 e. The Hall–Kier alpha value is -3.47. The van der Waals surface area contributed by atoms with Crippen molar-refractivity contribution in [2.45, 2.75) is 51.9 Å². The number of esters is 1. The van der Waals surface area contributed by atoms with Crippen molar-refractivity contribution < 1.29 is 14.3 Å². The molecule has 2 aromatic heterocycles.